The molecule has 0 radical (unpaired) electrons. The van der Waals surface area contributed by atoms with Gasteiger partial charge in [-0.2, -0.15) is 0 Å². The maximum absolute atomic E-state index is 11.7. The number of aromatic nitrogens is 1. The van der Waals surface area contributed by atoms with E-state index in [-0.39, 0.29) is 6.03 Å². The van der Waals surface area contributed by atoms with Crippen LogP contribution >= 0.6 is 11.6 Å². The maximum Gasteiger partial charge on any atom is 0.323 e. The van der Waals surface area contributed by atoms with E-state index in [9.17, 15) is 4.79 Å². The molecule has 1 aromatic rings. The predicted molar refractivity (Wildman–Crippen MR) is 60.6 cm³/mol. The Morgan fingerprint density at radius 3 is 3.25 bits per heavy atom. The number of urea groups is 1. The van der Waals surface area contributed by atoms with Crippen LogP contribution in [0.1, 0.15) is 5.56 Å². The van der Waals surface area contributed by atoms with Gasteiger partial charge in [-0.05, 0) is 6.07 Å². The lowest BCUT2D eigenvalue weighted by molar-refractivity contribution is 0.151. The minimum Gasteiger partial charge on any atom is -0.383 e. The highest BCUT2D eigenvalue weighted by Crippen LogP contribution is 2.27. The Morgan fingerprint density at radius 1 is 1.69 bits per heavy atom. The number of nitrogens with zero attached hydrogens (tertiary/aromatic N) is 2. The number of rotatable bonds is 3. The summed E-state index contributed by atoms with van der Waals surface area (Å²) < 4.78 is 4.94. The Labute approximate surface area is 98.4 Å². The fraction of sp³-hybridized carbons (Fsp3) is 0.400. The number of hydrogen-bond acceptors (Lipinski definition) is 3. The second-order valence-electron chi connectivity index (χ2n) is 3.46. The molecule has 1 aliphatic heterocycles. The predicted octanol–water partition coefficient (Wildman–Crippen LogP) is 1.73. The summed E-state index contributed by atoms with van der Waals surface area (Å²) in [5.41, 5.74) is 0.847. The molecule has 0 aliphatic carbocycles. The van der Waals surface area contributed by atoms with Gasteiger partial charge in [0.05, 0.1) is 18.2 Å². The van der Waals surface area contributed by atoms with Gasteiger partial charge in [-0.1, -0.05) is 11.6 Å². The second kappa shape index (κ2) is 4.67. The van der Waals surface area contributed by atoms with E-state index in [2.05, 4.69) is 10.3 Å². The molecule has 0 bridgehead atoms. The molecular formula is C10H12ClN3O2. The van der Waals surface area contributed by atoms with E-state index in [1.807, 2.05) is 0 Å². The van der Waals surface area contributed by atoms with Gasteiger partial charge >= 0.3 is 6.03 Å². The van der Waals surface area contributed by atoms with Crippen molar-refractivity contribution in [3.8, 4) is 0 Å². The Kier molecular flexibility index (Phi) is 3.26. The van der Waals surface area contributed by atoms with Crippen molar-refractivity contribution in [3.63, 3.8) is 0 Å². The molecule has 1 N–H and O–H groups in total. The van der Waals surface area contributed by atoms with E-state index in [0.717, 1.165) is 5.56 Å². The number of nitrogens with one attached hydrogen (secondary N) is 1. The zero-order valence-electron chi connectivity index (χ0n) is 8.86. The van der Waals surface area contributed by atoms with Gasteiger partial charge in [-0.15, -0.1) is 0 Å². The number of carbonyl (C=O) groups is 1. The Morgan fingerprint density at radius 2 is 2.50 bits per heavy atom. The number of pyridine rings is 1. The number of carbonyl (C=O) groups excluding carboxylic acids is 1. The van der Waals surface area contributed by atoms with Crippen LogP contribution in [0.15, 0.2) is 12.3 Å². The number of methoxy groups -OCH3 is 1. The first-order valence-electron chi connectivity index (χ1n) is 4.90. The molecule has 0 atom stereocenters. The number of anilines is 1. The molecule has 86 valence electrons. The van der Waals surface area contributed by atoms with Gasteiger partial charge < -0.3 is 9.64 Å². The summed E-state index contributed by atoms with van der Waals surface area (Å²) in [6.07, 6.45) is 1.58. The van der Waals surface area contributed by atoms with Crippen molar-refractivity contribution in [2.24, 2.45) is 0 Å². The van der Waals surface area contributed by atoms with E-state index in [1.165, 1.54) is 0 Å². The molecule has 0 saturated carbocycles. The van der Waals surface area contributed by atoms with E-state index in [1.54, 1.807) is 24.3 Å². The topological polar surface area (TPSA) is 54.5 Å². The molecule has 6 heteroatoms. The molecule has 16 heavy (non-hydrogen) atoms. The van der Waals surface area contributed by atoms with Crippen molar-refractivity contribution in [3.05, 3.63) is 22.8 Å². The van der Waals surface area contributed by atoms with Gasteiger partial charge in [0.1, 0.15) is 5.82 Å². The van der Waals surface area contributed by atoms with Crippen LogP contribution in [0, 0.1) is 0 Å². The van der Waals surface area contributed by atoms with Crippen molar-refractivity contribution >= 4 is 23.4 Å². The van der Waals surface area contributed by atoms with Gasteiger partial charge in [0, 0.05) is 25.4 Å². The third-order valence-corrected chi connectivity index (χ3v) is 2.78. The lowest BCUT2D eigenvalue weighted by Gasteiger charge is -2.28. The molecule has 0 spiro atoms. The highest BCUT2D eigenvalue weighted by Gasteiger charge is 2.24. The van der Waals surface area contributed by atoms with E-state index in [0.29, 0.717) is 30.5 Å². The van der Waals surface area contributed by atoms with Gasteiger partial charge in [0.2, 0.25) is 0 Å². The average molecular weight is 242 g/mol. The molecule has 5 nitrogen and oxygen atoms in total. The number of ether oxygens (including phenoxy) is 1. The first-order valence-corrected chi connectivity index (χ1v) is 5.28. The minimum atomic E-state index is -0.167. The first kappa shape index (κ1) is 11.2. The number of hydrogen-bond donors (Lipinski definition) is 1. The maximum atomic E-state index is 11.7. The molecule has 1 aliphatic rings. The summed E-state index contributed by atoms with van der Waals surface area (Å²) in [5, 5.41) is 3.31. The highest BCUT2D eigenvalue weighted by molar-refractivity contribution is 6.31. The third-order valence-electron chi connectivity index (χ3n) is 2.43. The Bertz CT molecular complexity index is 411. The lowest BCUT2D eigenvalue weighted by atomic mass is 10.2. The standard InChI is InChI=1S/C10H12ClN3O2/c1-16-5-4-14-6-7-8(11)2-3-12-9(7)13-10(14)15/h2-3H,4-6H2,1H3,(H,12,13,15). The van der Waals surface area contributed by atoms with Crippen molar-refractivity contribution in [2.45, 2.75) is 6.54 Å². The summed E-state index contributed by atoms with van der Waals surface area (Å²) in [7, 11) is 1.60. The van der Waals surface area contributed by atoms with Crippen LogP contribution in [0.3, 0.4) is 0 Å². The van der Waals surface area contributed by atoms with Gasteiger partial charge in [0.15, 0.2) is 0 Å². The van der Waals surface area contributed by atoms with E-state index < -0.39 is 0 Å². The van der Waals surface area contributed by atoms with Gasteiger partial charge in [-0.25, -0.2) is 9.78 Å². The van der Waals surface area contributed by atoms with Crippen LogP contribution < -0.4 is 5.32 Å². The van der Waals surface area contributed by atoms with E-state index >= 15 is 0 Å². The SMILES string of the molecule is COCCN1Cc2c(Cl)ccnc2NC1=O. The van der Waals surface area contributed by atoms with Gasteiger partial charge in [0.25, 0.3) is 0 Å². The fourth-order valence-corrected chi connectivity index (χ4v) is 1.76. The summed E-state index contributed by atoms with van der Waals surface area (Å²) in [6, 6.07) is 1.55. The Balaban J connectivity index is 2.20. The number of fused-ring (bicyclic) bond motifs is 1. The fourth-order valence-electron chi connectivity index (χ4n) is 1.55. The molecule has 0 unspecified atom stereocenters. The molecular weight excluding hydrogens is 230 g/mol. The number of halogens is 1. The molecule has 2 rings (SSSR count). The largest absolute Gasteiger partial charge is 0.383 e. The van der Waals surface area contributed by atoms with E-state index in [4.69, 9.17) is 16.3 Å². The van der Waals surface area contributed by atoms with Crippen LogP contribution in [0.25, 0.3) is 0 Å². The average Bonchev–Trinajstić information content (AvgIpc) is 2.27. The normalized spacial score (nSPS) is 14.6. The monoisotopic (exact) mass is 241 g/mol. The van der Waals surface area contributed by atoms with Gasteiger partial charge in [-0.3, -0.25) is 5.32 Å². The van der Waals surface area contributed by atoms with Crippen molar-refractivity contribution < 1.29 is 9.53 Å². The molecule has 1 aromatic heterocycles. The minimum absolute atomic E-state index is 0.167. The molecule has 0 aromatic carbocycles. The third kappa shape index (κ3) is 2.10. The molecule has 0 saturated heterocycles. The van der Waals surface area contributed by atoms with Crippen molar-refractivity contribution in [2.75, 3.05) is 25.6 Å². The second-order valence-corrected chi connectivity index (χ2v) is 3.87. The van der Waals surface area contributed by atoms with Crippen LogP contribution in [0.4, 0.5) is 10.6 Å². The summed E-state index contributed by atoms with van der Waals surface area (Å²) in [5.74, 6) is 0.547. The smallest absolute Gasteiger partial charge is 0.323 e. The zero-order valence-corrected chi connectivity index (χ0v) is 9.62. The zero-order chi connectivity index (χ0) is 11.5. The van der Waals surface area contributed by atoms with Crippen LogP contribution in [0.2, 0.25) is 5.02 Å². The van der Waals surface area contributed by atoms with Crippen LogP contribution in [-0.2, 0) is 11.3 Å². The van der Waals surface area contributed by atoms with Crippen LogP contribution in [0.5, 0.6) is 0 Å². The number of amides is 2. The molecule has 2 amide bonds. The Hall–Kier alpha value is -1.33. The van der Waals surface area contributed by atoms with Crippen LogP contribution in [-0.4, -0.2) is 36.2 Å². The molecule has 2 heterocycles. The quantitative estimate of drug-likeness (QED) is 0.877. The molecule has 0 fully saturated rings. The first-order chi connectivity index (χ1) is 7.72. The summed E-state index contributed by atoms with van der Waals surface area (Å²) >= 11 is 6.04. The van der Waals surface area contributed by atoms with Crippen molar-refractivity contribution in [1.29, 1.82) is 0 Å². The lowest BCUT2D eigenvalue weighted by Crippen LogP contribution is -2.40. The summed E-state index contributed by atoms with van der Waals surface area (Å²) in [6.45, 7) is 1.50. The summed E-state index contributed by atoms with van der Waals surface area (Å²) in [4.78, 5) is 17.4. The van der Waals surface area contributed by atoms with Crippen molar-refractivity contribution in [1.82, 2.24) is 9.88 Å². The highest BCUT2D eigenvalue weighted by atomic mass is 35.5.